The lowest BCUT2D eigenvalue weighted by molar-refractivity contribution is -0.137. The van der Waals surface area contributed by atoms with Crippen LogP contribution in [0.3, 0.4) is 0 Å². The van der Waals surface area contributed by atoms with Gasteiger partial charge >= 0.3 is 5.97 Å². The Labute approximate surface area is 135 Å². The minimum Gasteiger partial charge on any atom is -0.481 e. The van der Waals surface area contributed by atoms with Crippen LogP contribution in [0.1, 0.15) is 83.5 Å². The van der Waals surface area contributed by atoms with Crippen molar-refractivity contribution < 1.29 is 14.7 Å². The van der Waals surface area contributed by atoms with Gasteiger partial charge in [-0.15, -0.1) is 0 Å². The summed E-state index contributed by atoms with van der Waals surface area (Å²) >= 11 is 0. The van der Waals surface area contributed by atoms with Crippen molar-refractivity contribution in [3.8, 4) is 0 Å². The Morgan fingerprint density at radius 2 is 1.23 bits per heavy atom. The first kappa shape index (κ1) is 20.9. The second-order valence-electron chi connectivity index (χ2n) is 5.92. The number of carboxylic acid groups (broad SMARTS) is 1. The van der Waals surface area contributed by atoms with Crippen LogP contribution in [0, 0.1) is 0 Å². The van der Waals surface area contributed by atoms with Crippen molar-refractivity contribution in [3.05, 3.63) is 0 Å². The topological polar surface area (TPSA) is 92.4 Å². The minimum absolute atomic E-state index is 0.148. The molecule has 4 N–H and O–H groups in total. The normalized spacial score (nSPS) is 10.6. The Morgan fingerprint density at radius 3 is 1.77 bits per heavy atom. The number of carbonyl (C=O) groups is 2. The second-order valence-corrected chi connectivity index (χ2v) is 5.92. The van der Waals surface area contributed by atoms with Gasteiger partial charge in [-0.3, -0.25) is 9.59 Å². The lowest BCUT2D eigenvalue weighted by Crippen LogP contribution is -2.24. The molecule has 5 nitrogen and oxygen atoms in total. The van der Waals surface area contributed by atoms with Gasteiger partial charge in [-0.1, -0.05) is 44.9 Å². The van der Waals surface area contributed by atoms with E-state index in [2.05, 4.69) is 5.32 Å². The zero-order chi connectivity index (χ0) is 16.5. The summed E-state index contributed by atoms with van der Waals surface area (Å²) in [6, 6.07) is 0. The number of nitrogens with two attached hydrogens (primary N) is 1. The van der Waals surface area contributed by atoms with Gasteiger partial charge in [0.2, 0.25) is 5.91 Å². The molecule has 0 atom stereocenters. The van der Waals surface area contributed by atoms with Crippen LogP contribution in [-0.4, -0.2) is 30.1 Å². The quantitative estimate of drug-likeness (QED) is 0.381. The van der Waals surface area contributed by atoms with E-state index in [1.54, 1.807) is 0 Å². The number of hydrogen-bond acceptors (Lipinski definition) is 3. The number of rotatable bonds is 16. The van der Waals surface area contributed by atoms with Gasteiger partial charge in [-0.05, 0) is 32.2 Å². The molecule has 0 rings (SSSR count). The first-order chi connectivity index (χ1) is 10.7. The van der Waals surface area contributed by atoms with Crippen LogP contribution in [0.15, 0.2) is 0 Å². The summed E-state index contributed by atoms with van der Waals surface area (Å²) in [6.07, 6.45) is 12.8. The summed E-state index contributed by atoms with van der Waals surface area (Å²) in [7, 11) is 0. The van der Waals surface area contributed by atoms with E-state index in [9.17, 15) is 9.59 Å². The smallest absolute Gasteiger partial charge is 0.303 e. The first-order valence-corrected chi connectivity index (χ1v) is 8.85. The second kappa shape index (κ2) is 16.3. The Kier molecular flexibility index (Phi) is 15.5. The predicted octanol–water partition coefficient (Wildman–Crippen LogP) is 3.22. The maximum absolute atomic E-state index is 11.4. The highest BCUT2D eigenvalue weighted by molar-refractivity contribution is 5.75. The molecule has 0 bridgehead atoms. The molecule has 5 heteroatoms. The summed E-state index contributed by atoms with van der Waals surface area (Å²) in [5, 5.41) is 11.5. The molecular weight excluding hydrogens is 280 g/mol. The van der Waals surface area contributed by atoms with Crippen molar-refractivity contribution >= 4 is 11.9 Å². The molecule has 0 aromatic heterocycles. The number of nitrogens with one attached hydrogen (secondary N) is 1. The van der Waals surface area contributed by atoms with E-state index >= 15 is 0 Å². The van der Waals surface area contributed by atoms with E-state index in [1.807, 2.05) is 0 Å². The third-order valence-electron chi connectivity index (χ3n) is 3.75. The van der Waals surface area contributed by atoms with Crippen molar-refractivity contribution in [3.63, 3.8) is 0 Å². The fourth-order valence-electron chi connectivity index (χ4n) is 2.38. The number of carboxylic acids is 1. The summed E-state index contributed by atoms with van der Waals surface area (Å²) in [5.74, 6) is -0.540. The standard InChI is InChI=1S/C17H34N2O3/c18-14-10-9-12-16(20)19-15-11-7-5-3-1-2-4-6-8-13-17(21)22/h1-15,18H2,(H,19,20)(H,21,22). The van der Waals surface area contributed by atoms with Gasteiger partial charge in [0.15, 0.2) is 0 Å². The van der Waals surface area contributed by atoms with Crippen molar-refractivity contribution in [2.75, 3.05) is 13.1 Å². The fraction of sp³-hybridized carbons (Fsp3) is 0.882. The molecular formula is C17H34N2O3. The Balaban J connectivity index is 3.11. The highest BCUT2D eigenvalue weighted by atomic mass is 16.4. The van der Waals surface area contributed by atoms with Gasteiger partial charge < -0.3 is 16.2 Å². The van der Waals surface area contributed by atoms with Gasteiger partial charge in [0.25, 0.3) is 0 Å². The molecule has 0 fully saturated rings. The third-order valence-corrected chi connectivity index (χ3v) is 3.75. The van der Waals surface area contributed by atoms with Gasteiger partial charge in [0, 0.05) is 19.4 Å². The average Bonchev–Trinajstić information content (AvgIpc) is 2.48. The van der Waals surface area contributed by atoms with E-state index in [-0.39, 0.29) is 5.91 Å². The summed E-state index contributed by atoms with van der Waals surface area (Å²) in [6.45, 7) is 1.45. The van der Waals surface area contributed by atoms with Gasteiger partial charge in [0.1, 0.15) is 0 Å². The molecule has 130 valence electrons. The van der Waals surface area contributed by atoms with Crippen molar-refractivity contribution in [2.24, 2.45) is 5.73 Å². The van der Waals surface area contributed by atoms with Crippen LogP contribution in [0.2, 0.25) is 0 Å². The zero-order valence-corrected chi connectivity index (χ0v) is 13.9. The van der Waals surface area contributed by atoms with E-state index in [0.717, 1.165) is 45.1 Å². The van der Waals surface area contributed by atoms with Crippen LogP contribution in [0.5, 0.6) is 0 Å². The van der Waals surface area contributed by atoms with Crippen LogP contribution < -0.4 is 11.1 Å². The van der Waals surface area contributed by atoms with Gasteiger partial charge in [0.05, 0.1) is 0 Å². The lowest BCUT2D eigenvalue weighted by Gasteiger charge is -2.05. The summed E-state index contributed by atoms with van der Waals surface area (Å²) in [5.41, 5.74) is 5.38. The van der Waals surface area contributed by atoms with Crippen LogP contribution in [0.4, 0.5) is 0 Å². The maximum Gasteiger partial charge on any atom is 0.303 e. The number of aliphatic carboxylic acids is 1. The lowest BCUT2D eigenvalue weighted by atomic mass is 10.1. The minimum atomic E-state index is -0.688. The Bertz CT molecular complexity index is 283. The van der Waals surface area contributed by atoms with Crippen LogP contribution in [-0.2, 0) is 9.59 Å². The molecule has 0 saturated carbocycles. The highest BCUT2D eigenvalue weighted by Crippen LogP contribution is 2.10. The molecule has 0 aliphatic rings. The van der Waals surface area contributed by atoms with E-state index < -0.39 is 5.97 Å². The molecule has 0 saturated heterocycles. The number of unbranched alkanes of at least 4 members (excludes halogenated alkanes) is 9. The first-order valence-electron chi connectivity index (χ1n) is 8.85. The monoisotopic (exact) mass is 314 g/mol. The predicted molar refractivity (Wildman–Crippen MR) is 89.7 cm³/mol. The third kappa shape index (κ3) is 17.0. The van der Waals surface area contributed by atoms with E-state index in [4.69, 9.17) is 10.8 Å². The van der Waals surface area contributed by atoms with Crippen molar-refractivity contribution in [2.45, 2.75) is 83.5 Å². The molecule has 22 heavy (non-hydrogen) atoms. The molecule has 0 heterocycles. The highest BCUT2D eigenvalue weighted by Gasteiger charge is 2.00. The molecule has 0 unspecified atom stereocenters. The molecule has 0 aliphatic carbocycles. The largest absolute Gasteiger partial charge is 0.481 e. The van der Waals surface area contributed by atoms with Gasteiger partial charge in [-0.25, -0.2) is 0 Å². The van der Waals surface area contributed by atoms with Crippen molar-refractivity contribution in [1.29, 1.82) is 0 Å². The van der Waals surface area contributed by atoms with Gasteiger partial charge in [-0.2, -0.15) is 0 Å². The van der Waals surface area contributed by atoms with E-state index in [0.29, 0.717) is 19.4 Å². The molecule has 0 aliphatic heterocycles. The van der Waals surface area contributed by atoms with E-state index in [1.165, 1.54) is 32.1 Å². The Hall–Kier alpha value is -1.10. The van der Waals surface area contributed by atoms with Crippen molar-refractivity contribution in [1.82, 2.24) is 5.32 Å². The van der Waals surface area contributed by atoms with Crippen LogP contribution >= 0.6 is 0 Å². The zero-order valence-electron chi connectivity index (χ0n) is 13.9. The molecule has 1 amide bonds. The number of amides is 1. The maximum atomic E-state index is 11.4. The number of hydrogen-bond donors (Lipinski definition) is 3. The molecule has 0 aromatic carbocycles. The SMILES string of the molecule is NCCCCC(=O)NCCCCCCCCCCCC(=O)O. The summed E-state index contributed by atoms with van der Waals surface area (Å²) < 4.78 is 0. The van der Waals surface area contributed by atoms with Crippen LogP contribution in [0.25, 0.3) is 0 Å². The molecule has 0 aromatic rings. The fourth-order valence-corrected chi connectivity index (χ4v) is 2.38. The average molecular weight is 314 g/mol. The Morgan fingerprint density at radius 1 is 0.727 bits per heavy atom. The number of carbonyl (C=O) groups excluding carboxylic acids is 1. The summed E-state index contributed by atoms with van der Waals surface area (Å²) in [4.78, 5) is 21.8. The molecule has 0 radical (unpaired) electrons. The molecule has 0 spiro atoms.